The molecule has 0 spiro atoms. The number of hydrogen-bond donors (Lipinski definition) is 1. The predicted molar refractivity (Wildman–Crippen MR) is 99.5 cm³/mol. The third-order valence-electron chi connectivity index (χ3n) is 4.91. The van der Waals surface area contributed by atoms with Crippen LogP contribution in [0.15, 0.2) is 53.4 Å². The Morgan fingerprint density at radius 3 is 2.40 bits per heavy atom. The van der Waals surface area contributed by atoms with Gasteiger partial charge in [0, 0.05) is 17.0 Å². The molecule has 1 N–H and O–H groups in total. The molecule has 1 aliphatic rings. The van der Waals surface area contributed by atoms with E-state index in [4.69, 9.17) is 16.3 Å². The van der Waals surface area contributed by atoms with Crippen molar-refractivity contribution in [2.24, 2.45) is 0 Å². The molecule has 25 heavy (non-hydrogen) atoms. The van der Waals surface area contributed by atoms with Crippen LogP contribution in [0.25, 0.3) is 0 Å². The Balaban J connectivity index is 1.96. The number of halogens is 1. The first-order valence-corrected chi connectivity index (χ1v) is 10.3. The zero-order valence-electron chi connectivity index (χ0n) is 14.3. The van der Waals surface area contributed by atoms with Crippen molar-refractivity contribution >= 4 is 21.6 Å². The molecular formula is C19H22ClNO3S. The first-order valence-electron chi connectivity index (χ1n) is 8.45. The van der Waals surface area contributed by atoms with Gasteiger partial charge in [0.15, 0.2) is 0 Å². The van der Waals surface area contributed by atoms with Crippen molar-refractivity contribution in [1.82, 2.24) is 4.72 Å². The molecular weight excluding hydrogens is 358 g/mol. The summed E-state index contributed by atoms with van der Waals surface area (Å²) >= 11 is 5.86. The van der Waals surface area contributed by atoms with Gasteiger partial charge in [-0.2, -0.15) is 0 Å². The molecule has 3 rings (SSSR count). The summed E-state index contributed by atoms with van der Waals surface area (Å²) in [5.41, 5.74) is 0.513. The number of para-hydroxylation sites is 1. The molecule has 4 nitrogen and oxygen atoms in total. The number of hydrogen-bond acceptors (Lipinski definition) is 3. The van der Waals surface area contributed by atoms with Crippen LogP contribution in [0, 0.1) is 0 Å². The van der Waals surface area contributed by atoms with Gasteiger partial charge in [-0.05, 0) is 43.2 Å². The number of sulfonamides is 1. The Morgan fingerprint density at radius 1 is 1.12 bits per heavy atom. The number of rotatable bonds is 5. The lowest BCUT2D eigenvalue weighted by Gasteiger charge is -2.41. The summed E-state index contributed by atoms with van der Waals surface area (Å²) in [5, 5.41) is 0.506. The molecule has 0 radical (unpaired) electrons. The van der Waals surface area contributed by atoms with E-state index < -0.39 is 10.0 Å². The molecule has 1 heterocycles. The highest BCUT2D eigenvalue weighted by Gasteiger charge is 2.39. The van der Waals surface area contributed by atoms with Gasteiger partial charge >= 0.3 is 0 Å². The molecule has 0 amide bonds. The molecule has 2 aromatic rings. The van der Waals surface area contributed by atoms with E-state index >= 15 is 0 Å². The van der Waals surface area contributed by atoms with Crippen LogP contribution in [0.2, 0.25) is 5.02 Å². The van der Waals surface area contributed by atoms with E-state index in [2.05, 4.69) is 18.6 Å². The maximum atomic E-state index is 12.8. The predicted octanol–water partition coefficient (Wildman–Crippen LogP) is 4.70. The molecule has 0 unspecified atom stereocenters. The van der Waals surface area contributed by atoms with E-state index in [9.17, 15) is 8.42 Å². The van der Waals surface area contributed by atoms with E-state index in [1.807, 2.05) is 24.3 Å². The number of benzene rings is 2. The second-order valence-corrected chi connectivity index (χ2v) is 8.51. The number of nitrogens with one attached hydrogen (secondary N) is 1. The molecule has 1 atom stereocenters. The zero-order chi connectivity index (χ0) is 18.1. The lowest BCUT2D eigenvalue weighted by Crippen LogP contribution is -2.44. The maximum Gasteiger partial charge on any atom is 0.241 e. The van der Waals surface area contributed by atoms with E-state index in [0.717, 1.165) is 24.2 Å². The molecule has 0 aromatic heterocycles. The first kappa shape index (κ1) is 18.2. The molecule has 134 valence electrons. The van der Waals surface area contributed by atoms with Crippen molar-refractivity contribution in [3.8, 4) is 5.75 Å². The van der Waals surface area contributed by atoms with E-state index in [1.54, 1.807) is 12.1 Å². The molecule has 0 aliphatic carbocycles. The van der Waals surface area contributed by atoms with Gasteiger partial charge in [-0.15, -0.1) is 0 Å². The summed E-state index contributed by atoms with van der Waals surface area (Å²) in [7, 11) is -3.65. The Hall–Kier alpha value is -1.56. The summed E-state index contributed by atoms with van der Waals surface area (Å²) in [6, 6.07) is 13.5. The highest BCUT2D eigenvalue weighted by Crippen LogP contribution is 2.43. The van der Waals surface area contributed by atoms with Crippen LogP contribution in [0.4, 0.5) is 0 Å². The topological polar surface area (TPSA) is 55.4 Å². The van der Waals surface area contributed by atoms with Crippen LogP contribution in [0.5, 0.6) is 5.75 Å². The SMILES string of the molecule is CCC1(CC)C[C@@H](NS(=O)(=O)c2ccc(Cl)cc2)c2ccccc2O1. The molecule has 0 fully saturated rings. The van der Waals surface area contributed by atoms with Gasteiger partial charge in [0.05, 0.1) is 10.9 Å². The molecule has 2 aromatic carbocycles. The second kappa shape index (κ2) is 6.98. The lowest BCUT2D eigenvalue weighted by molar-refractivity contribution is 0.0260. The Labute approximate surface area is 154 Å². The average Bonchev–Trinajstić information content (AvgIpc) is 2.61. The maximum absolute atomic E-state index is 12.8. The van der Waals surface area contributed by atoms with Crippen molar-refractivity contribution in [1.29, 1.82) is 0 Å². The minimum absolute atomic E-state index is 0.208. The van der Waals surface area contributed by atoms with Crippen molar-refractivity contribution in [2.75, 3.05) is 0 Å². The molecule has 1 aliphatic heterocycles. The van der Waals surface area contributed by atoms with Crippen molar-refractivity contribution in [3.05, 3.63) is 59.1 Å². The third kappa shape index (κ3) is 3.68. The lowest BCUT2D eigenvalue weighted by atomic mass is 9.84. The quantitative estimate of drug-likeness (QED) is 0.819. The molecule has 0 saturated heterocycles. The van der Waals surface area contributed by atoms with Gasteiger partial charge in [-0.25, -0.2) is 13.1 Å². The van der Waals surface area contributed by atoms with Crippen LogP contribution >= 0.6 is 11.6 Å². The van der Waals surface area contributed by atoms with Crippen LogP contribution in [-0.4, -0.2) is 14.0 Å². The van der Waals surface area contributed by atoms with Crippen LogP contribution < -0.4 is 9.46 Å². The summed E-state index contributed by atoms with van der Waals surface area (Å²) in [5.74, 6) is 0.751. The second-order valence-electron chi connectivity index (χ2n) is 6.36. The standard InChI is InChI=1S/C19H22ClNO3S/c1-3-19(4-2)13-17(16-7-5-6-8-18(16)24-19)21-25(22,23)15-11-9-14(20)10-12-15/h5-12,17,21H,3-4,13H2,1-2H3/t17-/m1/s1. The van der Waals surface area contributed by atoms with Gasteiger partial charge in [-0.3, -0.25) is 0 Å². The summed E-state index contributed by atoms with van der Waals surface area (Å²) in [6.07, 6.45) is 2.23. The van der Waals surface area contributed by atoms with Crippen molar-refractivity contribution < 1.29 is 13.2 Å². The summed E-state index contributed by atoms with van der Waals surface area (Å²) in [4.78, 5) is 0.208. The molecule has 0 bridgehead atoms. The van der Waals surface area contributed by atoms with Crippen molar-refractivity contribution in [2.45, 2.75) is 49.6 Å². The fourth-order valence-corrected chi connectivity index (χ4v) is 4.62. The van der Waals surface area contributed by atoms with Crippen LogP contribution in [0.1, 0.15) is 44.7 Å². The first-order chi connectivity index (χ1) is 11.9. The number of fused-ring (bicyclic) bond motifs is 1. The fourth-order valence-electron chi connectivity index (χ4n) is 3.28. The molecule has 0 saturated carbocycles. The monoisotopic (exact) mass is 379 g/mol. The fraction of sp³-hybridized carbons (Fsp3) is 0.368. The highest BCUT2D eigenvalue weighted by atomic mass is 35.5. The minimum Gasteiger partial charge on any atom is -0.487 e. The van der Waals surface area contributed by atoms with E-state index in [1.165, 1.54) is 12.1 Å². The van der Waals surface area contributed by atoms with Crippen LogP contribution in [-0.2, 0) is 10.0 Å². The highest BCUT2D eigenvalue weighted by molar-refractivity contribution is 7.89. The van der Waals surface area contributed by atoms with Gasteiger partial charge in [-0.1, -0.05) is 43.6 Å². The van der Waals surface area contributed by atoms with Gasteiger partial charge in [0.1, 0.15) is 11.4 Å². The van der Waals surface area contributed by atoms with Gasteiger partial charge in [0.25, 0.3) is 0 Å². The van der Waals surface area contributed by atoms with Crippen LogP contribution in [0.3, 0.4) is 0 Å². The Bertz CT molecular complexity index is 845. The van der Waals surface area contributed by atoms with Crippen molar-refractivity contribution in [3.63, 3.8) is 0 Å². The molecule has 6 heteroatoms. The Kier molecular flexibility index (Phi) is 5.09. The zero-order valence-corrected chi connectivity index (χ0v) is 15.9. The van der Waals surface area contributed by atoms with Gasteiger partial charge < -0.3 is 4.74 Å². The summed E-state index contributed by atoms with van der Waals surface area (Å²) < 4.78 is 34.7. The normalized spacial score (nSPS) is 19.1. The Morgan fingerprint density at radius 2 is 1.76 bits per heavy atom. The minimum atomic E-state index is -3.65. The number of ether oxygens (including phenoxy) is 1. The summed E-state index contributed by atoms with van der Waals surface area (Å²) in [6.45, 7) is 4.14. The largest absolute Gasteiger partial charge is 0.487 e. The van der Waals surface area contributed by atoms with Gasteiger partial charge in [0.2, 0.25) is 10.0 Å². The van der Waals surface area contributed by atoms with E-state index in [0.29, 0.717) is 11.4 Å². The smallest absolute Gasteiger partial charge is 0.241 e. The average molecular weight is 380 g/mol. The van der Waals surface area contributed by atoms with E-state index in [-0.39, 0.29) is 16.5 Å². The third-order valence-corrected chi connectivity index (χ3v) is 6.65.